The topological polar surface area (TPSA) is 58.4 Å². The molecule has 2 rings (SSSR count). The van der Waals surface area contributed by atoms with E-state index < -0.39 is 0 Å². The maximum Gasteiger partial charge on any atom is 0.261 e. The van der Waals surface area contributed by atoms with Gasteiger partial charge in [-0.2, -0.15) is 0 Å². The van der Waals surface area contributed by atoms with Gasteiger partial charge in [-0.1, -0.05) is 11.8 Å². The molecule has 1 aromatic heterocycles. The van der Waals surface area contributed by atoms with Crippen LogP contribution in [0.25, 0.3) is 0 Å². The largest absolute Gasteiger partial charge is 0.350 e. The summed E-state index contributed by atoms with van der Waals surface area (Å²) in [4.78, 5) is 16.1. The zero-order valence-electron chi connectivity index (χ0n) is 11.9. The lowest BCUT2D eigenvalue weighted by Crippen LogP contribution is -2.33. The summed E-state index contributed by atoms with van der Waals surface area (Å²) in [5.74, 6) is 5.83. The first kappa shape index (κ1) is 15.0. The Hall–Kier alpha value is -1.35. The summed E-state index contributed by atoms with van der Waals surface area (Å²) in [5, 5.41) is 2.98. The quantitative estimate of drug-likeness (QED) is 0.819. The average molecular weight is 291 g/mol. The summed E-state index contributed by atoms with van der Waals surface area (Å²) >= 11 is 1.44. The van der Waals surface area contributed by atoms with Gasteiger partial charge in [0, 0.05) is 13.1 Å². The van der Waals surface area contributed by atoms with Crippen molar-refractivity contribution in [1.29, 1.82) is 0 Å². The Labute approximate surface area is 124 Å². The molecular weight excluding hydrogens is 270 g/mol. The van der Waals surface area contributed by atoms with Crippen molar-refractivity contribution in [2.45, 2.75) is 19.8 Å². The van der Waals surface area contributed by atoms with Gasteiger partial charge >= 0.3 is 0 Å². The molecule has 1 aliphatic rings. The van der Waals surface area contributed by atoms with Crippen LogP contribution in [-0.2, 0) is 0 Å². The van der Waals surface area contributed by atoms with E-state index in [1.54, 1.807) is 0 Å². The molecule has 1 fully saturated rings. The van der Waals surface area contributed by atoms with Crippen LogP contribution in [0.5, 0.6) is 0 Å². The Morgan fingerprint density at radius 1 is 1.50 bits per heavy atom. The fourth-order valence-corrected chi connectivity index (χ4v) is 3.23. The Kier molecular flexibility index (Phi) is 5.60. The van der Waals surface area contributed by atoms with Crippen molar-refractivity contribution in [3.8, 4) is 11.8 Å². The van der Waals surface area contributed by atoms with E-state index in [1.165, 1.54) is 24.2 Å². The minimum absolute atomic E-state index is 0.00176. The van der Waals surface area contributed by atoms with Gasteiger partial charge in [0.05, 0.1) is 16.3 Å². The van der Waals surface area contributed by atoms with Crippen molar-refractivity contribution in [2.24, 2.45) is 5.73 Å². The van der Waals surface area contributed by atoms with Crippen LogP contribution in [0.2, 0.25) is 0 Å². The van der Waals surface area contributed by atoms with Crippen molar-refractivity contribution < 1.29 is 4.79 Å². The van der Waals surface area contributed by atoms with E-state index in [0.29, 0.717) is 13.1 Å². The molecule has 0 aliphatic carbocycles. The lowest BCUT2D eigenvalue weighted by Gasteiger charge is -2.14. The maximum absolute atomic E-state index is 12.1. The van der Waals surface area contributed by atoms with Crippen LogP contribution in [0.1, 0.15) is 33.0 Å². The first-order valence-corrected chi connectivity index (χ1v) is 7.82. The molecule has 0 aromatic carbocycles. The minimum Gasteiger partial charge on any atom is -0.350 e. The molecule has 0 atom stereocenters. The maximum atomic E-state index is 12.1. The van der Waals surface area contributed by atoms with Gasteiger partial charge in [-0.3, -0.25) is 4.79 Å². The highest BCUT2D eigenvalue weighted by molar-refractivity contribution is 7.14. The smallest absolute Gasteiger partial charge is 0.261 e. The summed E-state index contributed by atoms with van der Waals surface area (Å²) in [6.07, 6.45) is 2.56. The lowest BCUT2D eigenvalue weighted by atomic mass is 10.2. The van der Waals surface area contributed by atoms with Crippen molar-refractivity contribution in [2.75, 3.05) is 32.7 Å². The van der Waals surface area contributed by atoms with E-state index >= 15 is 0 Å². The molecular formula is C15H21N3OS. The van der Waals surface area contributed by atoms with Gasteiger partial charge in [0.15, 0.2) is 0 Å². The third-order valence-corrected chi connectivity index (χ3v) is 4.51. The molecule has 1 amide bonds. The van der Waals surface area contributed by atoms with Gasteiger partial charge in [-0.15, -0.1) is 11.3 Å². The normalized spacial score (nSPS) is 14.9. The van der Waals surface area contributed by atoms with Crippen LogP contribution >= 0.6 is 11.3 Å². The molecule has 4 nitrogen and oxygen atoms in total. The lowest BCUT2D eigenvalue weighted by molar-refractivity contribution is 0.0954. The summed E-state index contributed by atoms with van der Waals surface area (Å²) in [6.45, 7) is 6.28. The highest BCUT2D eigenvalue weighted by Crippen LogP contribution is 2.20. The Balaban J connectivity index is 1.85. The van der Waals surface area contributed by atoms with E-state index in [-0.39, 0.29) is 5.91 Å². The molecule has 0 saturated carbocycles. The Bertz CT molecular complexity index is 521. The number of aryl methyl sites for hydroxylation is 1. The third kappa shape index (κ3) is 4.07. The number of likely N-dealkylation sites (tertiary alicyclic amines) is 1. The van der Waals surface area contributed by atoms with Crippen LogP contribution in [0, 0.1) is 18.8 Å². The third-order valence-electron chi connectivity index (χ3n) is 3.36. The van der Waals surface area contributed by atoms with E-state index in [4.69, 9.17) is 5.73 Å². The Morgan fingerprint density at radius 2 is 2.25 bits per heavy atom. The SMILES string of the molecule is Cc1cc(C(=O)NCCN2CCCC2)sc1C#CCN. The fraction of sp³-hybridized carbons (Fsp3) is 0.533. The second kappa shape index (κ2) is 7.44. The predicted molar refractivity (Wildman–Crippen MR) is 83.0 cm³/mol. The van der Waals surface area contributed by atoms with Crippen molar-refractivity contribution >= 4 is 17.2 Å². The van der Waals surface area contributed by atoms with E-state index in [1.807, 2.05) is 13.0 Å². The summed E-state index contributed by atoms with van der Waals surface area (Å²) < 4.78 is 0. The minimum atomic E-state index is -0.00176. The van der Waals surface area contributed by atoms with Crippen LogP contribution < -0.4 is 11.1 Å². The summed E-state index contributed by atoms with van der Waals surface area (Å²) in [5.41, 5.74) is 6.41. The molecule has 3 N–H and O–H groups in total. The molecule has 1 saturated heterocycles. The van der Waals surface area contributed by atoms with Gasteiger partial charge in [0.1, 0.15) is 0 Å². The van der Waals surface area contributed by atoms with Gasteiger partial charge in [0.2, 0.25) is 0 Å². The fourth-order valence-electron chi connectivity index (χ4n) is 2.27. The molecule has 1 aromatic rings. The monoisotopic (exact) mass is 291 g/mol. The van der Waals surface area contributed by atoms with E-state index in [2.05, 4.69) is 22.1 Å². The van der Waals surface area contributed by atoms with Crippen LogP contribution in [0.4, 0.5) is 0 Å². The van der Waals surface area contributed by atoms with Crippen molar-refractivity contribution in [3.05, 3.63) is 21.4 Å². The number of carbonyl (C=O) groups excluding carboxylic acids is 1. The van der Waals surface area contributed by atoms with Crippen molar-refractivity contribution in [1.82, 2.24) is 10.2 Å². The standard InChI is InChI=1S/C15H21N3OS/c1-12-11-14(20-13(12)5-4-6-16)15(19)17-7-10-18-8-2-3-9-18/h11H,2-3,6-10,16H2,1H3,(H,17,19). The first-order valence-electron chi connectivity index (χ1n) is 7.00. The van der Waals surface area contributed by atoms with Crippen molar-refractivity contribution in [3.63, 3.8) is 0 Å². The molecule has 0 radical (unpaired) electrons. The zero-order valence-corrected chi connectivity index (χ0v) is 12.7. The molecule has 108 valence electrons. The summed E-state index contributed by atoms with van der Waals surface area (Å²) in [6, 6.07) is 1.90. The number of hydrogen-bond acceptors (Lipinski definition) is 4. The Morgan fingerprint density at radius 3 is 2.95 bits per heavy atom. The number of hydrogen-bond donors (Lipinski definition) is 2. The van der Waals surface area contributed by atoms with Crippen LogP contribution in [0.3, 0.4) is 0 Å². The first-order chi connectivity index (χ1) is 9.70. The molecule has 2 heterocycles. The van der Waals surface area contributed by atoms with Crippen LogP contribution in [0.15, 0.2) is 6.07 Å². The number of nitrogens with zero attached hydrogens (tertiary/aromatic N) is 1. The zero-order chi connectivity index (χ0) is 14.4. The van der Waals surface area contributed by atoms with Gasteiger partial charge in [0.25, 0.3) is 5.91 Å². The van der Waals surface area contributed by atoms with Gasteiger partial charge < -0.3 is 16.0 Å². The van der Waals surface area contributed by atoms with Gasteiger partial charge in [-0.05, 0) is 44.5 Å². The predicted octanol–water partition coefficient (Wildman–Crippen LogP) is 1.19. The number of rotatable bonds is 4. The highest BCUT2D eigenvalue weighted by atomic mass is 32.1. The van der Waals surface area contributed by atoms with Crippen LogP contribution in [-0.4, -0.2) is 43.5 Å². The molecule has 0 unspecified atom stereocenters. The van der Waals surface area contributed by atoms with Gasteiger partial charge in [-0.25, -0.2) is 0 Å². The molecule has 1 aliphatic heterocycles. The second-order valence-corrected chi connectivity index (χ2v) is 5.99. The number of nitrogens with one attached hydrogen (secondary N) is 1. The number of amides is 1. The number of carbonyl (C=O) groups is 1. The van der Waals surface area contributed by atoms with E-state index in [0.717, 1.165) is 35.0 Å². The molecule has 5 heteroatoms. The molecule has 0 bridgehead atoms. The molecule has 0 spiro atoms. The molecule has 20 heavy (non-hydrogen) atoms. The number of nitrogens with two attached hydrogens (primary N) is 1. The summed E-state index contributed by atoms with van der Waals surface area (Å²) in [7, 11) is 0. The number of thiophene rings is 1. The second-order valence-electron chi connectivity index (χ2n) is 4.93. The average Bonchev–Trinajstić information content (AvgIpc) is 3.06. The van der Waals surface area contributed by atoms with E-state index in [9.17, 15) is 4.79 Å². The highest BCUT2D eigenvalue weighted by Gasteiger charge is 2.13.